The highest BCUT2D eigenvalue weighted by atomic mass is 32.1. The van der Waals surface area contributed by atoms with Gasteiger partial charge < -0.3 is 4.90 Å². The first-order valence-corrected chi connectivity index (χ1v) is 12.3. The number of likely N-dealkylation sites (tertiary alicyclic amines) is 1. The molecule has 0 saturated carbocycles. The average Bonchev–Trinajstić information content (AvgIpc) is 3.48. The van der Waals surface area contributed by atoms with Crippen LogP contribution in [0.3, 0.4) is 0 Å². The van der Waals surface area contributed by atoms with E-state index in [0.29, 0.717) is 23.3 Å². The first-order valence-electron chi connectivity index (χ1n) is 11.4. The van der Waals surface area contributed by atoms with E-state index in [0.717, 1.165) is 53.0 Å². The summed E-state index contributed by atoms with van der Waals surface area (Å²) in [7, 11) is 1.90. The van der Waals surface area contributed by atoms with Gasteiger partial charge in [-0.05, 0) is 63.5 Å². The molecule has 1 aliphatic rings. The third-order valence-corrected chi connectivity index (χ3v) is 7.44. The molecule has 0 aliphatic carbocycles. The molecule has 4 aromatic rings. The van der Waals surface area contributed by atoms with Gasteiger partial charge in [0.05, 0.1) is 28.8 Å². The van der Waals surface area contributed by atoms with Crippen molar-refractivity contribution in [2.45, 2.75) is 45.1 Å². The zero-order valence-electron chi connectivity index (χ0n) is 19.2. The number of benzene rings is 1. The smallest absolute Gasteiger partial charge is 0.188 e. The number of ketones is 1. The van der Waals surface area contributed by atoms with Crippen LogP contribution in [0.4, 0.5) is 0 Å². The van der Waals surface area contributed by atoms with Crippen molar-refractivity contribution in [3.8, 4) is 11.1 Å². The summed E-state index contributed by atoms with van der Waals surface area (Å²) in [6.45, 7) is 6.68. The molecular weight excluding hydrogens is 432 g/mol. The molecule has 0 amide bonds. The number of Topliss-reactive ketones (excluding diaryl/α,β-unsaturated/α-hetero) is 1. The Morgan fingerprint density at radius 3 is 2.70 bits per heavy atom. The van der Waals surface area contributed by atoms with Crippen molar-refractivity contribution >= 4 is 28.0 Å². The second kappa shape index (κ2) is 9.11. The lowest BCUT2D eigenvalue weighted by Gasteiger charge is -2.33. The molecule has 4 heterocycles. The molecule has 7 nitrogen and oxygen atoms in total. The first-order chi connectivity index (χ1) is 16.0. The summed E-state index contributed by atoms with van der Waals surface area (Å²) < 4.78 is 1.78. The van der Waals surface area contributed by atoms with Gasteiger partial charge in [0.2, 0.25) is 0 Å². The standard InChI is InChI=1S/C25H28N6OS/c1-16(2)31-8-6-17(7-9-31)25-27-23(15-33-25)24(32)12-21-11-19-10-18(4-5-22(19)29-28-21)20-13-26-30(3)14-20/h4-5,10-11,13-17H,6-9,12H2,1-3H3. The second-order valence-corrected chi connectivity index (χ2v) is 9.98. The minimum absolute atomic E-state index is 0.00539. The maximum atomic E-state index is 12.9. The molecule has 0 radical (unpaired) electrons. The number of aryl methyl sites for hydroxylation is 1. The van der Waals surface area contributed by atoms with Crippen molar-refractivity contribution < 1.29 is 4.79 Å². The van der Waals surface area contributed by atoms with E-state index in [1.165, 1.54) is 0 Å². The largest absolute Gasteiger partial charge is 0.301 e. The van der Waals surface area contributed by atoms with E-state index in [-0.39, 0.29) is 12.2 Å². The van der Waals surface area contributed by atoms with Gasteiger partial charge in [0.15, 0.2) is 5.78 Å². The third-order valence-electron chi connectivity index (χ3n) is 6.43. The number of carbonyl (C=O) groups is 1. The molecule has 1 saturated heterocycles. The normalized spacial score (nSPS) is 15.5. The first kappa shape index (κ1) is 21.9. The molecule has 0 unspecified atom stereocenters. The van der Waals surface area contributed by atoms with Crippen LogP contribution in [0.5, 0.6) is 0 Å². The lowest BCUT2D eigenvalue weighted by Crippen LogP contribution is -2.37. The Bertz CT molecular complexity index is 1290. The lowest BCUT2D eigenvalue weighted by molar-refractivity contribution is 0.0987. The van der Waals surface area contributed by atoms with Crippen LogP contribution in [0.25, 0.3) is 22.0 Å². The van der Waals surface area contributed by atoms with Crippen LogP contribution in [0.2, 0.25) is 0 Å². The topological polar surface area (TPSA) is 76.8 Å². The molecule has 1 aliphatic heterocycles. The van der Waals surface area contributed by atoms with Crippen molar-refractivity contribution in [2.75, 3.05) is 13.1 Å². The van der Waals surface area contributed by atoms with Gasteiger partial charge in [-0.15, -0.1) is 11.3 Å². The van der Waals surface area contributed by atoms with Crippen LogP contribution in [0, 0.1) is 0 Å². The molecule has 1 fully saturated rings. The number of hydrogen-bond donors (Lipinski definition) is 0. The average molecular weight is 461 g/mol. The van der Waals surface area contributed by atoms with Crippen molar-refractivity contribution in [1.29, 1.82) is 0 Å². The van der Waals surface area contributed by atoms with E-state index >= 15 is 0 Å². The van der Waals surface area contributed by atoms with E-state index < -0.39 is 0 Å². The van der Waals surface area contributed by atoms with Crippen molar-refractivity contribution in [3.63, 3.8) is 0 Å². The van der Waals surface area contributed by atoms with E-state index in [1.807, 2.05) is 43.0 Å². The van der Waals surface area contributed by atoms with Crippen LogP contribution in [-0.2, 0) is 13.5 Å². The quantitative estimate of drug-likeness (QED) is 0.394. The second-order valence-electron chi connectivity index (χ2n) is 9.09. The number of rotatable bonds is 6. The molecule has 0 N–H and O–H groups in total. The molecule has 33 heavy (non-hydrogen) atoms. The monoisotopic (exact) mass is 460 g/mol. The number of piperidine rings is 1. The van der Waals surface area contributed by atoms with E-state index in [1.54, 1.807) is 16.0 Å². The highest BCUT2D eigenvalue weighted by molar-refractivity contribution is 7.09. The van der Waals surface area contributed by atoms with Crippen molar-refractivity contribution in [1.82, 2.24) is 29.9 Å². The molecule has 3 aromatic heterocycles. The number of nitrogens with zero attached hydrogens (tertiary/aromatic N) is 6. The summed E-state index contributed by atoms with van der Waals surface area (Å²) in [6, 6.07) is 8.58. The summed E-state index contributed by atoms with van der Waals surface area (Å²) in [5.41, 5.74) is 4.13. The van der Waals surface area contributed by atoms with Gasteiger partial charge in [0.25, 0.3) is 0 Å². The summed E-state index contributed by atoms with van der Waals surface area (Å²) in [5.74, 6) is 0.451. The fraction of sp³-hybridized carbons (Fsp3) is 0.400. The van der Waals surface area contributed by atoms with E-state index in [2.05, 4.69) is 40.1 Å². The molecule has 1 aromatic carbocycles. The number of thiazole rings is 1. The van der Waals surface area contributed by atoms with E-state index in [4.69, 9.17) is 4.98 Å². The van der Waals surface area contributed by atoms with Gasteiger partial charge in [-0.1, -0.05) is 6.07 Å². The Balaban J connectivity index is 1.29. The van der Waals surface area contributed by atoms with Gasteiger partial charge in [-0.3, -0.25) is 9.48 Å². The van der Waals surface area contributed by atoms with Gasteiger partial charge in [-0.25, -0.2) is 4.98 Å². The fourth-order valence-electron chi connectivity index (χ4n) is 4.44. The lowest BCUT2D eigenvalue weighted by atomic mass is 9.96. The Morgan fingerprint density at radius 2 is 1.97 bits per heavy atom. The minimum atomic E-state index is -0.00539. The summed E-state index contributed by atoms with van der Waals surface area (Å²) >= 11 is 1.61. The van der Waals surface area contributed by atoms with Gasteiger partial charge in [-0.2, -0.15) is 15.3 Å². The Kier molecular flexibility index (Phi) is 6.03. The molecule has 5 rings (SSSR count). The molecule has 8 heteroatoms. The van der Waals surface area contributed by atoms with Gasteiger partial charge >= 0.3 is 0 Å². The third kappa shape index (κ3) is 4.72. The molecule has 0 spiro atoms. The van der Waals surface area contributed by atoms with Crippen molar-refractivity contribution in [3.05, 3.63) is 58.4 Å². The van der Waals surface area contributed by atoms with Gasteiger partial charge in [0.1, 0.15) is 5.69 Å². The minimum Gasteiger partial charge on any atom is -0.301 e. The Hall–Kier alpha value is -2.97. The number of hydrogen-bond acceptors (Lipinski definition) is 7. The van der Waals surface area contributed by atoms with Crippen LogP contribution < -0.4 is 0 Å². The molecule has 0 bridgehead atoms. The molecule has 0 atom stereocenters. The maximum Gasteiger partial charge on any atom is 0.188 e. The van der Waals surface area contributed by atoms with E-state index in [9.17, 15) is 4.79 Å². The van der Waals surface area contributed by atoms with Crippen LogP contribution >= 0.6 is 11.3 Å². The van der Waals surface area contributed by atoms with Crippen molar-refractivity contribution in [2.24, 2.45) is 7.05 Å². The van der Waals surface area contributed by atoms with Crippen LogP contribution in [-0.4, -0.2) is 54.8 Å². The maximum absolute atomic E-state index is 12.9. The predicted molar refractivity (Wildman–Crippen MR) is 131 cm³/mol. The van der Waals surface area contributed by atoms with Gasteiger partial charge in [0, 0.05) is 41.5 Å². The van der Waals surface area contributed by atoms with Crippen LogP contribution in [0.15, 0.2) is 42.0 Å². The zero-order valence-corrected chi connectivity index (χ0v) is 20.0. The Labute approximate surface area is 197 Å². The summed E-state index contributed by atoms with van der Waals surface area (Å²) in [6.07, 6.45) is 6.23. The van der Waals surface area contributed by atoms with Crippen LogP contribution in [0.1, 0.15) is 53.8 Å². The summed E-state index contributed by atoms with van der Waals surface area (Å²) in [4.78, 5) is 20.2. The highest BCUT2D eigenvalue weighted by Gasteiger charge is 2.25. The predicted octanol–water partition coefficient (Wildman–Crippen LogP) is 4.50. The highest BCUT2D eigenvalue weighted by Crippen LogP contribution is 2.31. The molecule has 170 valence electrons. The zero-order chi connectivity index (χ0) is 22.9. The fourth-order valence-corrected chi connectivity index (χ4v) is 5.44. The SMILES string of the molecule is CC(C)N1CCC(c2nc(C(=O)Cc3cc4cc(-c5cnn(C)c5)ccc4nn3)cs2)CC1. The number of fused-ring (bicyclic) bond motifs is 1. The Morgan fingerprint density at radius 1 is 1.15 bits per heavy atom. The molecular formula is C25H28N6OS. The number of aromatic nitrogens is 5. The summed E-state index contributed by atoms with van der Waals surface area (Å²) in [5, 5.41) is 16.8. The number of carbonyl (C=O) groups excluding carboxylic acids is 1.